The highest BCUT2D eigenvalue weighted by Gasteiger charge is 2.29. The second-order valence-corrected chi connectivity index (χ2v) is 6.11. The lowest BCUT2D eigenvalue weighted by molar-refractivity contribution is -0.138. The van der Waals surface area contributed by atoms with Crippen LogP contribution >= 0.6 is 0 Å². The molecule has 1 aliphatic rings. The van der Waals surface area contributed by atoms with E-state index in [2.05, 4.69) is 15.7 Å². The average molecular weight is 358 g/mol. The molecule has 9 heteroatoms. The third-order valence-corrected chi connectivity index (χ3v) is 4.36. The summed E-state index contributed by atoms with van der Waals surface area (Å²) in [7, 11) is 0. The molecular formula is C17H18N4O5. The van der Waals surface area contributed by atoms with E-state index in [0.717, 1.165) is 4.68 Å². The lowest BCUT2D eigenvalue weighted by Crippen LogP contribution is -2.45. The van der Waals surface area contributed by atoms with E-state index in [1.807, 2.05) is 0 Å². The van der Waals surface area contributed by atoms with Crippen LogP contribution in [0.1, 0.15) is 32.2 Å². The maximum absolute atomic E-state index is 12.7. The largest absolute Gasteiger partial charge is 0.480 e. The van der Waals surface area contributed by atoms with Crippen molar-refractivity contribution in [3.8, 4) is 0 Å². The number of anilines is 1. The first-order chi connectivity index (χ1) is 12.4. The van der Waals surface area contributed by atoms with Crippen molar-refractivity contribution < 1.29 is 19.5 Å². The van der Waals surface area contributed by atoms with Gasteiger partial charge in [0, 0.05) is 17.5 Å². The van der Waals surface area contributed by atoms with Gasteiger partial charge in [-0.2, -0.15) is 5.10 Å². The fraction of sp³-hybridized carbons (Fsp3) is 0.353. The molecular weight excluding hydrogens is 340 g/mol. The number of hydrogen-bond donors (Lipinski definition) is 3. The van der Waals surface area contributed by atoms with Crippen LogP contribution in [0.25, 0.3) is 10.8 Å². The minimum Gasteiger partial charge on any atom is -0.480 e. The minimum atomic E-state index is -0.959. The number of piperidine rings is 1. The van der Waals surface area contributed by atoms with Gasteiger partial charge >= 0.3 is 5.97 Å². The number of aromatic nitrogens is 2. The summed E-state index contributed by atoms with van der Waals surface area (Å²) in [6, 6.07) is 3.27. The number of hydrogen-bond acceptors (Lipinski definition) is 6. The maximum Gasteiger partial charge on any atom is 0.326 e. The standard InChI is InChI=1S/C17H18N4O5/c1-2-12(17(25)26)19-10-3-4-11-9(7-10)8-18-21(16(11)24)13-5-6-14(22)20-15(13)23/h3-4,7-8,12-13,19H,2,5-6H2,1H3,(H,25,26)(H,20,22,23). The second-order valence-electron chi connectivity index (χ2n) is 6.11. The van der Waals surface area contributed by atoms with E-state index >= 15 is 0 Å². The van der Waals surface area contributed by atoms with Crippen molar-refractivity contribution in [3.05, 3.63) is 34.7 Å². The van der Waals surface area contributed by atoms with Gasteiger partial charge < -0.3 is 10.4 Å². The van der Waals surface area contributed by atoms with Crippen LogP contribution in [0, 0.1) is 0 Å². The number of benzene rings is 1. The lowest BCUT2D eigenvalue weighted by Gasteiger charge is -2.22. The van der Waals surface area contributed by atoms with Gasteiger partial charge in [0.2, 0.25) is 5.91 Å². The number of nitrogens with zero attached hydrogens (tertiary/aromatic N) is 2. The van der Waals surface area contributed by atoms with Crippen molar-refractivity contribution in [2.75, 3.05) is 5.32 Å². The number of carbonyl (C=O) groups is 3. The molecule has 1 aromatic heterocycles. The Morgan fingerprint density at radius 1 is 1.42 bits per heavy atom. The van der Waals surface area contributed by atoms with E-state index in [0.29, 0.717) is 22.9 Å². The first kappa shape index (κ1) is 17.6. The summed E-state index contributed by atoms with van der Waals surface area (Å²) in [5.41, 5.74) is 0.125. The van der Waals surface area contributed by atoms with Crippen LogP contribution in [0.3, 0.4) is 0 Å². The zero-order chi connectivity index (χ0) is 18.8. The molecule has 3 N–H and O–H groups in total. The Kier molecular flexibility index (Phi) is 4.70. The first-order valence-corrected chi connectivity index (χ1v) is 8.25. The van der Waals surface area contributed by atoms with Crippen LogP contribution < -0.4 is 16.2 Å². The second kappa shape index (κ2) is 6.95. The van der Waals surface area contributed by atoms with Crippen molar-refractivity contribution in [3.63, 3.8) is 0 Å². The topological polar surface area (TPSA) is 130 Å². The molecule has 1 fully saturated rings. The Hall–Kier alpha value is -3.23. The Morgan fingerprint density at radius 3 is 2.85 bits per heavy atom. The van der Waals surface area contributed by atoms with Crippen LogP contribution in [-0.4, -0.2) is 38.7 Å². The van der Waals surface area contributed by atoms with Crippen molar-refractivity contribution >= 4 is 34.2 Å². The third kappa shape index (κ3) is 3.28. The number of carboxylic acids is 1. The summed E-state index contributed by atoms with van der Waals surface area (Å²) >= 11 is 0. The fourth-order valence-electron chi connectivity index (χ4n) is 2.93. The van der Waals surface area contributed by atoms with E-state index in [1.165, 1.54) is 6.20 Å². The van der Waals surface area contributed by atoms with Gasteiger partial charge in [0.25, 0.3) is 11.5 Å². The number of imide groups is 1. The van der Waals surface area contributed by atoms with Crippen LogP contribution in [0.4, 0.5) is 5.69 Å². The molecule has 1 saturated heterocycles. The normalized spacial score (nSPS) is 18.4. The van der Waals surface area contributed by atoms with E-state index in [1.54, 1.807) is 25.1 Å². The van der Waals surface area contributed by atoms with Gasteiger partial charge in [0.05, 0.1) is 11.6 Å². The van der Waals surface area contributed by atoms with Gasteiger partial charge in [-0.15, -0.1) is 0 Å². The number of carbonyl (C=O) groups excluding carboxylic acids is 2. The Morgan fingerprint density at radius 2 is 2.19 bits per heavy atom. The predicted molar refractivity (Wildman–Crippen MR) is 92.8 cm³/mol. The van der Waals surface area contributed by atoms with Gasteiger partial charge in [-0.25, -0.2) is 9.48 Å². The number of nitrogens with one attached hydrogen (secondary N) is 2. The van der Waals surface area contributed by atoms with Crippen LogP contribution in [0.5, 0.6) is 0 Å². The van der Waals surface area contributed by atoms with Crippen molar-refractivity contribution in [2.24, 2.45) is 0 Å². The van der Waals surface area contributed by atoms with E-state index in [-0.39, 0.29) is 18.7 Å². The molecule has 136 valence electrons. The molecule has 0 radical (unpaired) electrons. The Bertz CT molecular complexity index is 952. The minimum absolute atomic E-state index is 0.152. The summed E-state index contributed by atoms with van der Waals surface area (Å²) < 4.78 is 1.09. The Balaban J connectivity index is 1.94. The number of fused-ring (bicyclic) bond motifs is 1. The lowest BCUT2D eigenvalue weighted by atomic mass is 10.1. The van der Waals surface area contributed by atoms with Gasteiger partial charge in [-0.1, -0.05) is 6.92 Å². The highest BCUT2D eigenvalue weighted by molar-refractivity contribution is 5.99. The summed E-state index contributed by atoms with van der Waals surface area (Å²) in [5.74, 6) is -1.86. The van der Waals surface area contributed by atoms with Crippen molar-refractivity contribution in [1.82, 2.24) is 15.1 Å². The zero-order valence-electron chi connectivity index (χ0n) is 14.1. The molecule has 26 heavy (non-hydrogen) atoms. The first-order valence-electron chi connectivity index (χ1n) is 8.25. The average Bonchev–Trinajstić information content (AvgIpc) is 2.60. The number of carboxylic acid groups (broad SMARTS) is 1. The molecule has 0 bridgehead atoms. The smallest absolute Gasteiger partial charge is 0.326 e. The summed E-state index contributed by atoms with van der Waals surface area (Å²) in [4.78, 5) is 47.0. The molecule has 0 spiro atoms. The molecule has 0 aliphatic carbocycles. The highest BCUT2D eigenvalue weighted by Crippen LogP contribution is 2.20. The fourth-order valence-corrected chi connectivity index (χ4v) is 2.93. The summed E-state index contributed by atoms with van der Waals surface area (Å²) in [6.45, 7) is 1.76. The van der Waals surface area contributed by atoms with Gasteiger partial charge in [-0.05, 0) is 31.0 Å². The molecule has 1 aliphatic heterocycles. The van der Waals surface area contributed by atoms with Crippen LogP contribution in [-0.2, 0) is 14.4 Å². The zero-order valence-corrected chi connectivity index (χ0v) is 14.1. The summed E-state index contributed by atoms with van der Waals surface area (Å²) in [5, 5.41) is 19.2. The molecule has 9 nitrogen and oxygen atoms in total. The van der Waals surface area contributed by atoms with Crippen LogP contribution in [0.15, 0.2) is 29.2 Å². The monoisotopic (exact) mass is 358 g/mol. The molecule has 2 aromatic rings. The van der Waals surface area contributed by atoms with E-state index < -0.39 is 29.5 Å². The number of amides is 2. The van der Waals surface area contributed by atoms with Crippen molar-refractivity contribution in [2.45, 2.75) is 38.3 Å². The molecule has 3 rings (SSSR count). The van der Waals surface area contributed by atoms with Crippen LogP contribution in [0.2, 0.25) is 0 Å². The number of rotatable bonds is 5. The number of aliphatic carboxylic acids is 1. The predicted octanol–water partition coefficient (Wildman–Crippen LogP) is 0.649. The van der Waals surface area contributed by atoms with Gasteiger partial charge in [-0.3, -0.25) is 19.7 Å². The molecule has 0 saturated carbocycles. The molecule has 2 amide bonds. The third-order valence-electron chi connectivity index (χ3n) is 4.36. The quantitative estimate of drug-likeness (QED) is 0.669. The highest BCUT2D eigenvalue weighted by atomic mass is 16.4. The molecule has 2 heterocycles. The van der Waals surface area contributed by atoms with E-state index in [4.69, 9.17) is 5.11 Å². The SMILES string of the molecule is CCC(Nc1ccc2c(=O)n(C3CCC(=O)NC3=O)ncc2c1)C(=O)O. The Labute approximate surface area is 148 Å². The molecule has 2 unspecified atom stereocenters. The van der Waals surface area contributed by atoms with Gasteiger partial charge in [0.1, 0.15) is 12.1 Å². The maximum atomic E-state index is 12.7. The molecule has 1 aromatic carbocycles. The van der Waals surface area contributed by atoms with Gasteiger partial charge in [0.15, 0.2) is 0 Å². The van der Waals surface area contributed by atoms with Crippen molar-refractivity contribution in [1.29, 1.82) is 0 Å². The van der Waals surface area contributed by atoms with E-state index in [9.17, 15) is 19.2 Å². The molecule has 2 atom stereocenters. The summed E-state index contributed by atoms with van der Waals surface area (Å²) in [6.07, 6.45) is 2.23.